The molecule has 2 rings (SSSR count). The van der Waals surface area contributed by atoms with Gasteiger partial charge in [-0.2, -0.15) is 0 Å². The normalized spacial score (nSPS) is 17.7. The van der Waals surface area contributed by atoms with Crippen LogP contribution < -0.4 is 5.73 Å². The van der Waals surface area contributed by atoms with E-state index in [0.717, 1.165) is 12.8 Å². The predicted octanol–water partition coefficient (Wildman–Crippen LogP) is 3.29. The third kappa shape index (κ3) is 4.35. The molecular formula is C16H25ClN2O2. The van der Waals surface area contributed by atoms with Crippen LogP contribution in [0.5, 0.6) is 0 Å². The van der Waals surface area contributed by atoms with Crippen LogP contribution in [-0.2, 0) is 11.2 Å². The third-order valence-corrected chi connectivity index (χ3v) is 3.48. The van der Waals surface area contributed by atoms with Gasteiger partial charge in [0.15, 0.2) is 0 Å². The molecule has 5 heteroatoms. The van der Waals surface area contributed by atoms with Crippen molar-refractivity contribution >= 4 is 18.5 Å². The highest BCUT2D eigenvalue weighted by Gasteiger charge is 2.32. The van der Waals surface area contributed by atoms with Crippen LogP contribution in [0.2, 0.25) is 0 Å². The average Bonchev–Trinajstić information content (AvgIpc) is 2.37. The van der Waals surface area contributed by atoms with Crippen LogP contribution in [0.3, 0.4) is 0 Å². The van der Waals surface area contributed by atoms with Gasteiger partial charge in [0, 0.05) is 6.54 Å². The Morgan fingerprint density at radius 2 is 2.05 bits per heavy atom. The van der Waals surface area contributed by atoms with Crippen LogP contribution in [0, 0.1) is 0 Å². The van der Waals surface area contributed by atoms with Gasteiger partial charge in [0.1, 0.15) is 5.60 Å². The van der Waals surface area contributed by atoms with E-state index in [9.17, 15) is 4.79 Å². The SMILES string of the molecule is CC(C)(C)OC(=O)N1CCc2ccccc2C1CCN.Cl. The van der Waals surface area contributed by atoms with E-state index in [-0.39, 0.29) is 24.5 Å². The minimum Gasteiger partial charge on any atom is -0.444 e. The molecule has 1 unspecified atom stereocenters. The third-order valence-electron chi connectivity index (χ3n) is 3.48. The van der Waals surface area contributed by atoms with E-state index >= 15 is 0 Å². The Balaban J connectivity index is 0.00000220. The Morgan fingerprint density at radius 1 is 1.38 bits per heavy atom. The predicted molar refractivity (Wildman–Crippen MR) is 86.7 cm³/mol. The first-order valence-corrected chi connectivity index (χ1v) is 7.20. The summed E-state index contributed by atoms with van der Waals surface area (Å²) in [4.78, 5) is 14.2. The lowest BCUT2D eigenvalue weighted by atomic mass is 9.91. The van der Waals surface area contributed by atoms with E-state index in [0.29, 0.717) is 13.1 Å². The maximum Gasteiger partial charge on any atom is 0.410 e. The number of hydrogen-bond acceptors (Lipinski definition) is 3. The lowest BCUT2D eigenvalue weighted by Crippen LogP contribution is -2.43. The molecule has 4 nitrogen and oxygen atoms in total. The van der Waals surface area contributed by atoms with Gasteiger partial charge >= 0.3 is 6.09 Å². The van der Waals surface area contributed by atoms with Crippen molar-refractivity contribution < 1.29 is 9.53 Å². The summed E-state index contributed by atoms with van der Waals surface area (Å²) in [5, 5.41) is 0. The van der Waals surface area contributed by atoms with Gasteiger partial charge in [-0.15, -0.1) is 12.4 Å². The first-order valence-electron chi connectivity index (χ1n) is 7.20. The zero-order chi connectivity index (χ0) is 14.8. The van der Waals surface area contributed by atoms with Gasteiger partial charge in [0.05, 0.1) is 6.04 Å². The fourth-order valence-corrected chi connectivity index (χ4v) is 2.66. The van der Waals surface area contributed by atoms with Crippen LogP contribution in [0.25, 0.3) is 0 Å². The zero-order valence-electron chi connectivity index (χ0n) is 13.0. The number of rotatable bonds is 2. The Labute approximate surface area is 133 Å². The summed E-state index contributed by atoms with van der Waals surface area (Å²) < 4.78 is 5.51. The van der Waals surface area contributed by atoms with Crippen LogP contribution in [0.1, 0.15) is 44.4 Å². The number of carbonyl (C=O) groups is 1. The van der Waals surface area contributed by atoms with Crippen molar-refractivity contribution in [2.24, 2.45) is 5.73 Å². The van der Waals surface area contributed by atoms with Crippen molar-refractivity contribution in [3.05, 3.63) is 35.4 Å². The van der Waals surface area contributed by atoms with Gasteiger partial charge in [-0.25, -0.2) is 4.79 Å². The molecule has 21 heavy (non-hydrogen) atoms. The van der Waals surface area contributed by atoms with Crippen molar-refractivity contribution in [2.45, 2.75) is 45.3 Å². The summed E-state index contributed by atoms with van der Waals surface area (Å²) in [6, 6.07) is 8.31. The monoisotopic (exact) mass is 312 g/mol. The fraction of sp³-hybridized carbons (Fsp3) is 0.562. The minimum absolute atomic E-state index is 0. The Hall–Kier alpha value is -1.26. The summed E-state index contributed by atoms with van der Waals surface area (Å²) in [5.41, 5.74) is 7.77. The summed E-state index contributed by atoms with van der Waals surface area (Å²) in [7, 11) is 0. The Bertz CT molecular complexity index is 485. The van der Waals surface area contributed by atoms with E-state index in [1.54, 1.807) is 0 Å². The number of nitrogens with two attached hydrogens (primary N) is 1. The second-order valence-corrected chi connectivity index (χ2v) is 6.22. The summed E-state index contributed by atoms with van der Waals surface area (Å²) in [5.74, 6) is 0. The molecule has 0 aliphatic carbocycles. The smallest absolute Gasteiger partial charge is 0.410 e. The van der Waals surface area contributed by atoms with Gasteiger partial charge in [0.25, 0.3) is 0 Å². The van der Waals surface area contributed by atoms with Crippen molar-refractivity contribution in [3.63, 3.8) is 0 Å². The largest absolute Gasteiger partial charge is 0.444 e. The molecule has 1 heterocycles. The topological polar surface area (TPSA) is 55.6 Å². The molecule has 2 N–H and O–H groups in total. The van der Waals surface area contributed by atoms with Crippen molar-refractivity contribution in [2.75, 3.05) is 13.1 Å². The maximum absolute atomic E-state index is 12.4. The lowest BCUT2D eigenvalue weighted by molar-refractivity contribution is 0.0135. The number of benzene rings is 1. The molecule has 1 aliphatic rings. The number of fused-ring (bicyclic) bond motifs is 1. The molecule has 1 aliphatic heterocycles. The van der Waals surface area contributed by atoms with E-state index in [1.165, 1.54) is 11.1 Å². The lowest BCUT2D eigenvalue weighted by Gasteiger charge is -2.38. The molecule has 0 radical (unpaired) electrons. The standard InChI is InChI=1S/C16H24N2O2.ClH/c1-16(2,3)20-15(19)18-11-9-12-6-4-5-7-13(12)14(18)8-10-17;/h4-7,14H,8-11,17H2,1-3H3;1H. The molecule has 0 aromatic heterocycles. The molecule has 1 aromatic rings. The van der Waals surface area contributed by atoms with E-state index in [2.05, 4.69) is 12.1 Å². The molecule has 1 aromatic carbocycles. The van der Waals surface area contributed by atoms with E-state index in [4.69, 9.17) is 10.5 Å². The number of hydrogen-bond donors (Lipinski definition) is 1. The van der Waals surface area contributed by atoms with Crippen LogP contribution in [0.4, 0.5) is 4.79 Å². The van der Waals surface area contributed by atoms with Crippen molar-refractivity contribution in [3.8, 4) is 0 Å². The highest BCUT2D eigenvalue weighted by atomic mass is 35.5. The molecular weight excluding hydrogens is 288 g/mol. The molecule has 0 saturated heterocycles. The average molecular weight is 313 g/mol. The quantitative estimate of drug-likeness (QED) is 0.911. The highest BCUT2D eigenvalue weighted by molar-refractivity contribution is 5.85. The maximum atomic E-state index is 12.4. The molecule has 118 valence electrons. The first-order chi connectivity index (χ1) is 9.42. The van der Waals surface area contributed by atoms with Gasteiger partial charge in [-0.3, -0.25) is 0 Å². The van der Waals surface area contributed by atoms with E-state index < -0.39 is 5.60 Å². The number of carbonyl (C=O) groups excluding carboxylic acids is 1. The van der Waals surface area contributed by atoms with Crippen LogP contribution in [0.15, 0.2) is 24.3 Å². The summed E-state index contributed by atoms with van der Waals surface area (Å²) >= 11 is 0. The number of nitrogens with zero attached hydrogens (tertiary/aromatic N) is 1. The van der Waals surface area contributed by atoms with Crippen LogP contribution >= 0.6 is 12.4 Å². The van der Waals surface area contributed by atoms with Crippen molar-refractivity contribution in [1.82, 2.24) is 4.90 Å². The summed E-state index contributed by atoms with van der Waals surface area (Å²) in [6.45, 7) is 6.91. The molecule has 0 saturated carbocycles. The van der Waals surface area contributed by atoms with Crippen LogP contribution in [-0.4, -0.2) is 29.7 Å². The number of halogens is 1. The van der Waals surface area contributed by atoms with Gasteiger partial charge in [-0.05, 0) is 51.3 Å². The minimum atomic E-state index is -0.471. The molecule has 0 fully saturated rings. The summed E-state index contributed by atoms with van der Waals surface area (Å²) in [6.07, 6.45) is 1.39. The highest BCUT2D eigenvalue weighted by Crippen LogP contribution is 2.32. The van der Waals surface area contributed by atoms with Gasteiger partial charge in [-0.1, -0.05) is 24.3 Å². The van der Waals surface area contributed by atoms with Gasteiger partial charge in [0.2, 0.25) is 0 Å². The number of ether oxygens (including phenoxy) is 1. The zero-order valence-corrected chi connectivity index (χ0v) is 13.8. The Kier molecular flexibility index (Phi) is 6.05. The molecule has 0 bridgehead atoms. The molecule has 1 amide bonds. The number of amides is 1. The Morgan fingerprint density at radius 3 is 2.67 bits per heavy atom. The second-order valence-electron chi connectivity index (χ2n) is 6.22. The second kappa shape index (κ2) is 7.14. The van der Waals surface area contributed by atoms with Gasteiger partial charge < -0.3 is 15.4 Å². The first kappa shape index (κ1) is 17.8. The molecule has 0 spiro atoms. The van der Waals surface area contributed by atoms with Crippen molar-refractivity contribution in [1.29, 1.82) is 0 Å². The van der Waals surface area contributed by atoms with E-state index in [1.807, 2.05) is 37.8 Å². The molecule has 1 atom stereocenters. The fourth-order valence-electron chi connectivity index (χ4n) is 2.66.